The number of primary amides is 1. The molecule has 5 N–H and O–H groups in total. The van der Waals surface area contributed by atoms with Gasteiger partial charge in [0.1, 0.15) is 5.82 Å². The molecule has 0 atom stereocenters. The van der Waals surface area contributed by atoms with Gasteiger partial charge in [0, 0.05) is 25.2 Å². The minimum absolute atomic E-state index is 0.00172. The van der Waals surface area contributed by atoms with Crippen molar-refractivity contribution in [1.29, 1.82) is 0 Å². The average molecular weight is 460 g/mol. The molecule has 1 aliphatic heterocycles. The van der Waals surface area contributed by atoms with E-state index in [0.29, 0.717) is 19.6 Å². The molecular formula is C21H22ClF4N3O2. The average Bonchev–Trinajstić information content (AvgIpc) is 2.68. The third-order valence-corrected chi connectivity index (χ3v) is 6.07. The molecule has 0 saturated carbocycles. The minimum atomic E-state index is -4.62. The highest BCUT2D eigenvalue weighted by molar-refractivity contribution is 6.31. The van der Waals surface area contributed by atoms with Crippen LogP contribution < -0.4 is 11.5 Å². The fourth-order valence-corrected chi connectivity index (χ4v) is 4.07. The number of hydrogen-bond donors (Lipinski definition) is 3. The standard InChI is InChI=1S/C21H22ClF4N3O2/c22-16-3-1-12(11-15(16)21(24,25)26)20(31)6-9-29(10-7-20)8-5-13-17(23)4-2-14(18(13)27)19(28)30/h1-4,11,31H,5-10,27H2,(H2,28,30). The summed E-state index contributed by atoms with van der Waals surface area (Å²) in [5.74, 6) is -1.29. The smallest absolute Gasteiger partial charge is 0.398 e. The lowest BCUT2D eigenvalue weighted by atomic mass is 9.83. The van der Waals surface area contributed by atoms with Crippen molar-refractivity contribution in [3.8, 4) is 0 Å². The van der Waals surface area contributed by atoms with Crippen molar-refractivity contribution in [3.05, 3.63) is 63.4 Å². The number of nitrogens with two attached hydrogens (primary N) is 2. The molecule has 0 aromatic heterocycles. The van der Waals surface area contributed by atoms with Crippen molar-refractivity contribution in [2.45, 2.75) is 31.0 Å². The van der Waals surface area contributed by atoms with Crippen LogP contribution in [-0.4, -0.2) is 35.5 Å². The van der Waals surface area contributed by atoms with Gasteiger partial charge in [0.2, 0.25) is 0 Å². The Balaban J connectivity index is 1.68. The van der Waals surface area contributed by atoms with Crippen LogP contribution in [0.15, 0.2) is 30.3 Å². The van der Waals surface area contributed by atoms with E-state index in [9.17, 15) is 27.5 Å². The van der Waals surface area contributed by atoms with Gasteiger partial charge in [-0.2, -0.15) is 13.2 Å². The van der Waals surface area contributed by atoms with Crippen molar-refractivity contribution >= 4 is 23.2 Å². The molecule has 5 nitrogen and oxygen atoms in total. The van der Waals surface area contributed by atoms with Crippen molar-refractivity contribution < 1.29 is 27.5 Å². The Morgan fingerprint density at radius 3 is 2.42 bits per heavy atom. The van der Waals surface area contributed by atoms with Gasteiger partial charge < -0.3 is 21.5 Å². The highest BCUT2D eigenvalue weighted by Crippen LogP contribution is 2.40. The summed E-state index contributed by atoms with van der Waals surface area (Å²) in [4.78, 5) is 13.4. The Bertz CT molecular complexity index is 989. The number of likely N-dealkylation sites (tertiary alicyclic amines) is 1. The first-order valence-corrected chi connectivity index (χ1v) is 9.99. The van der Waals surface area contributed by atoms with Gasteiger partial charge in [-0.1, -0.05) is 17.7 Å². The molecule has 0 aliphatic carbocycles. The third-order valence-electron chi connectivity index (χ3n) is 5.74. The number of aliphatic hydroxyl groups is 1. The molecule has 1 amide bonds. The Labute approximate surface area is 181 Å². The molecule has 1 heterocycles. The van der Waals surface area contributed by atoms with E-state index in [2.05, 4.69) is 0 Å². The van der Waals surface area contributed by atoms with E-state index < -0.39 is 34.1 Å². The fraction of sp³-hybridized carbons (Fsp3) is 0.381. The van der Waals surface area contributed by atoms with Gasteiger partial charge in [0.15, 0.2) is 0 Å². The molecule has 1 fully saturated rings. The molecule has 1 aliphatic rings. The Kier molecular flexibility index (Phi) is 6.50. The maximum Gasteiger partial charge on any atom is 0.417 e. The molecule has 0 radical (unpaired) electrons. The minimum Gasteiger partial charge on any atom is -0.398 e. The SMILES string of the molecule is NC(=O)c1ccc(F)c(CCN2CCC(O)(c3ccc(Cl)c(C(F)(F)F)c3)CC2)c1N. The van der Waals surface area contributed by atoms with Crippen molar-refractivity contribution in [3.63, 3.8) is 0 Å². The number of amides is 1. The highest BCUT2D eigenvalue weighted by atomic mass is 35.5. The van der Waals surface area contributed by atoms with Gasteiger partial charge in [-0.25, -0.2) is 4.39 Å². The Morgan fingerprint density at radius 2 is 1.84 bits per heavy atom. The second kappa shape index (κ2) is 8.64. The summed E-state index contributed by atoms with van der Waals surface area (Å²) in [6.45, 7) is 1.17. The van der Waals surface area contributed by atoms with Crippen LogP contribution in [-0.2, 0) is 18.2 Å². The number of hydrogen-bond acceptors (Lipinski definition) is 4. The van der Waals surface area contributed by atoms with Gasteiger partial charge >= 0.3 is 6.18 Å². The van der Waals surface area contributed by atoms with E-state index in [1.165, 1.54) is 12.1 Å². The predicted octanol–water partition coefficient (Wildman–Crippen LogP) is 3.71. The lowest BCUT2D eigenvalue weighted by Crippen LogP contribution is -2.43. The highest BCUT2D eigenvalue weighted by Gasteiger charge is 2.38. The molecule has 168 valence electrons. The molecule has 10 heteroatoms. The third kappa shape index (κ3) is 4.94. The monoisotopic (exact) mass is 459 g/mol. The maximum absolute atomic E-state index is 14.2. The summed E-state index contributed by atoms with van der Waals surface area (Å²) >= 11 is 5.66. The zero-order valence-electron chi connectivity index (χ0n) is 16.5. The van der Waals surface area contributed by atoms with E-state index in [-0.39, 0.29) is 41.6 Å². The van der Waals surface area contributed by atoms with Crippen LogP contribution in [0, 0.1) is 5.82 Å². The van der Waals surface area contributed by atoms with Gasteiger partial charge in [-0.05, 0) is 49.1 Å². The molecule has 2 aromatic carbocycles. The number of carbonyl (C=O) groups is 1. The van der Waals surface area contributed by atoms with Gasteiger partial charge in [0.25, 0.3) is 5.91 Å². The number of rotatable bonds is 5. The van der Waals surface area contributed by atoms with Gasteiger partial charge in [-0.15, -0.1) is 0 Å². The summed E-state index contributed by atoms with van der Waals surface area (Å²) in [7, 11) is 0. The van der Waals surface area contributed by atoms with Crippen molar-refractivity contribution in [2.75, 3.05) is 25.4 Å². The molecule has 1 saturated heterocycles. The van der Waals surface area contributed by atoms with Crippen LogP contribution >= 0.6 is 11.6 Å². The first-order valence-electron chi connectivity index (χ1n) is 9.61. The van der Waals surface area contributed by atoms with E-state index in [4.69, 9.17) is 23.1 Å². The normalized spacial score (nSPS) is 17.0. The Hall–Kier alpha value is -2.36. The fourth-order valence-electron chi connectivity index (χ4n) is 3.84. The van der Waals surface area contributed by atoms with Crippen LogP contribution in [0.1, 0.15) is 39.9 Å². The van der Waals surface area contributed by atoms with Crippen LogP contribution in [0.5, 0.6) is 0 Å². The number of piperidine rings is 1. The molecule has 31 heavy (non-hydrogen) atoms. The maximum atomic E-state index is 14.2. The van der Waals surface area contributed by atoms with E-state index in [1.807, 2.05) is 4.90 Å². The number of nitrogens with zero attached hydrogens (tertiary/aromatic N) is 1. The largest absolute Gasteiger partial charge is 0.417 e. The molecule has 0 bridgehead atoms. The molecular weight excluding hydrogens is 438 g/mol. The van der Waals surface area contributed by atoms with E-state index in [0.717, 1.165) is 18.2 Å². The summed E-state index contributed by atoms with van der Waals surface area (Å²) in [5.41, 5.74) is 9.12. The van der Waals surface area contributed by atoms with Gasteiger partial charge in [-0.3, -0.25) is 4.79 Å². The number of anilines is 1. The summed E-state index contributed by atoms with van der Waals surface area (Å²) in [6.07, 6.45) is -4.00. The van der Waals surface area contributed by atoms with Gasteiger partial charge in [0.05, 0.1) is 27.4 Å². The predicted molar refractivity (Wildman–Crippen MR) is 109 cm³/mol. The van der Waals surface area contributed by atoms with Crippen LogP contribution in [0.2, 0.25) is 5.02 Å². The van der Waals surface area contributed by atoms with Crippen LogP contribution in [0.25, 0.3) is 0 Å². The summed E-state index contributed by atoms with van der Waals surface area (Å²) in [5, 5.41) is 10.5. The Morgan fingerprint density at radius 1 is 1.19 bits per heavy atom. The zero-order chi connectivity index (χ0) is 23.0. The number of carbonyl (C=O) groups excluding carboxylic acids is 1. The second-order valence-electron chi connectivity index (χ2n) is 7.67. The van der Waals surface area contributed by atoms with E-state index >= 15 is 0 Å². The number of nitrogen functional groups attached to an aromatic ring is 1. The number of benzene rings is 2. The van der Waals surface area contributed by atoms with Crippen LogP contribution in [0.4, 0.5) is 23.2 Å². The molecule has 0 unspecified atom stereocenters. The molecule has 2 aromatic rings. The summed E-state index contributed by atoms with van der Waals surface area (Å²) in [6, 6.07) is 5.81. The van der Waals surface area contributed by atoms with Crippen molar-refractivity contribution in [2.24, 2.45) is 5.73 Å². The first-order chi connectivity index (χ1) is 14.4. The lowest BCUT2D eigenvalue weighted by Gasteiger charge is -2.39. The summed E-state index contributed by atoms with van der Waals surface area (Å²) < 4.78 is 53.6. The number of alkyl halides is 3. The first kappa shape index (κ1) is 23.3. The lowest BCUT2D eigenvalue weighted by molar-refractivity contribution is -0.137. The number of halogens is 5. The topological polar surface area (TPSA) is 92.6 Å². The van der Waals surface area contributed by atoms with E-state index in [1.54, 1.807) is 0 Å². The second-order valence-corrected chi connectivity index (χ2v) is 8.07. The molecule has 0 spiro atoms. The van der Waals surface area contributed by atoms with Crippen LogP contribution in [0.3, 0.4) is 0 Å². The quantitative estimate of drug-likeness (QED) is 0.469. The van der Waals surface area contributed by atoms with Crippen molar-refractivity contribution in [1.82, 2.24) is 4.90 Å². The zero-order valence-corrected chi connectivity index (χ0v) is 17.2. The molecule has 3 rings (SSSR count).